The number of likely N-dealkylation sites (N-methyl/N-ethyl adjacent to an activating group) is 1. The van der Waals surface area contributed by atoms with Gasteiger partial charge in [-0.2, -0.15) is 0 Å². The number of morpholine rings is 1. The van der Waals surface area contributed by atoms with Crippen molar-refractivity contribution in [3.8, 4) is 0 Å². The Bertz CT molecular complexity index is 376. The standard InChI is InChI=1S/C17H32N2O4/c1-4-6-7-14(5-2)10-16(20)19-8-9-23-15(12-19)11-18(3)13-17(21)22/h14-15H,4-13H2,1-3H3,(H,21,22). The Labute approximate surface area is 139 Å². The van der Waals surface area contributed by atoms with E-state index in [4.69, 9.17) is 9.84 Å². The summed E-state index contributed by atoms with van der Waals surface area (Å²) in [7, 11) is 1.76. The molecule has 1 heterocycles. The Morgan fingerprint density at radius 1 is 1.39 bits per heavy atom. The van der Waals surface area contributed by atoms with Crippen molar-refractivity contribution < 1.29 is 19.4 Å². The number of carbonyl (C=O) groups is 2. The number of nitrogens with zero attached hydrogens (tertiary/aromatic N) is 2. The van der Waals surface area contributed by atoms with E-state index in [1.54, 1.807) is 11.9 Å². The van der Waals surface area contributed by atoms with Gasteiger partial charge in [0.25, 0.3) is 0 Å². The van der Waals surface area contributed by atoms with Gasteiger partial charge in [-0.3, -0.25) is 14.5 Å². The third kappa shape index (κ3) is 7.79. The van der Waals surface area contributed by atoms with Crippen LogP contribution in [0, 0.1) is 5.92 Å². The van der Waals surface area contributed by atoms with E-state index in [2.05, 4.69) is 13.8 Å². The Hall–Kier alpha value is -1.14. The lowest BCUT2D eigenvalue weighted by Crippen LogP contribution is -2.49. The fraction of sp³-hybridized carbons (Fsp3) is 0.882. The maximum Gasteiger partial charge on any atom is 0.317 e. The molecule has 1 rings (SSSR count). The van der Waals surface area contributed by atoms with E-state index in [-0.39, 0.29) is 18.6 Å². The number of carboxylic acids is 1. The molecule has 134 valence electrons. The number of unbranched alkanes of at least 4 members (excludes halogenated alkanes) is 1. The zero-order valence-electron chi connectivity index (χ0n) is 14.8. The highest BCUT2D eigenvalue weighted by molar-refractivity contribution is 5.76. The fourth-order valence-corrected chi connectivity index (χ4v) is 3.02. The lowest BCUT2D eigenvalue weighted by atomic mass is 9.95. The number of carbonyl (C=O) groups excluding carboxylic acids is 1. The molecule has 23 heavy (non-hydrogen) atoms. The highest BCUT2D eigenvalue weighted by atomic mass is 16.5. The number of ether oxygens (including phenoxy) is 1. The minimum absolute atomic E-state index is 0.0112. The molecule has 0 bridgehead atoms. The van der Waals surface area contributed by atoms with Gasteiger partial charge in [-0.05, 0) is 19.4 Å². The maximum atomic E-state index is 12.5. The third-order valence-corrected chi connectivity index (χ3v) is 4.42. The Kier molecular flexibility index (Phi) is 9.17. The summed E-state index contributed by atoms with van der Waals surface area (Å²) in [6.07, 6.45) is 5.02. The van der Waals surface area contributed by atoms with Crippen molar-refractivity contribution in [1.82, 2.24) is 9.80 Å². The number of aliphatic carboxylic acids is 1. The van der Waals surface area contributed by atoms with Crippen molar-refractivity contribution in [2.75, 3.05) is 39.8 Å². The molecule has 0 radical (unpaired) electrons. The number of hydrogen-bond acceptors (Lipinski definition) is 4. The third-order valence-electron chi connectivity index (χ3n) is 4.42. The zero-order valence-corrected chi connectivity index (χ0v) is 14.8. The van der Waals surface area contributed by atoms with E-state index in [1.165, 1.54) is 12.8 Å². The first-order valence-electron chi connectivity index (χ1n) is 8.75. The molecule has 1 aliphatic rings. The van der Waals surface area contributed by atoms with Crippen molar-refractivity contribution in [2.45, 2.75) is 52.1 Å². The summed E-state index contributed by atoms with van der Waals surface area (Å²) in [6, 6.07) is 0. The van der Waals surface area contributed by atoms with Gasteiger partial charge in [0.2, 0.25) is 5.91 Å². The average Bonchev–Trinajstić information content (AvgIpc) is 2.50. The molecule has 1 aliphatic heterocycles. The van der Waals surface area contributed by atoms with Gasteiger partial charge in [0, 0.05) is 26.1 Å². The van der Waals surface area contributed by atoms with E-state index >= 15 is 0 Å². The van der Waals surface area contributed by atoms with Crippen LogP contribution in [0.15, 0.2) is 0 Å². The van der Waals surface area contributed by atoms with Crippen molar-refractivity contribution in [3.63, 3.8) is 0 Å². The molecule has 2 unspecified atom stereocenters. The van der Waals surface area contributed by atoms with Gasteiger partial charge >= 0.3 is 5.97 Å². The van der Waals surface area contributed by atoms with Gasteiger partial charge in [0.1, 0.15) is 0 Å². The lowest BCUT2D eigenvalue weighted by Gasteiger charge is -2.35. The second-order valence-electron chi connectivity index (χ2n) is 6.54. The SMILES string of the molecule is CCCCC(CC)CC(=O)N1CCOC(CN(C)CC(=O)O)C1. The molecule has 0 aromatic rings. The predicted octanol–water partition coefficient (Wildman–Crippen LogP) is 1.84. The van der Waals surface area contributed by atoms with Gasteiger partial charge in [-0.1, -0.05) is 33.1 Å². The van der Waals surface area contributed by atoms with Crippen LogP contribution in [-0.4, -0.2) is 72.7 Å². The molecule has 1 N–H and O–H groups in total. The van der Waals surface area contributed by atoms with E-state index in [1.807, 2.05) is 4.90 Å². The summed E-state index contributed by atoms with van der Waals surface area (Å²) in [5, 5.41) is 8.80. The van der Waals surface area contributed by atoms with Crippen molar-refractivity contribution in [2.24, 2.45) is 5.92 Å². The first kappa shape index (κ1) is 19.9. The molecule has 1 saturated heterocycles. The number of hydrogen-bond donors (Lipinski definition) is 1. The van der Waals surface area contributed by atoms with Crippen LogP contribution in [0.2, 0.25) is 0 Å². The Morgan fingerprint density at radius 3 is 2.74 bits per heavy atom. The Balaban J connectivity index is 2.43. The lowest BCUT2D eigenvalue weighted by molar-refractivity contribution is -0.143. The van der Waals surface area contributed by atoms with Crippen LogP contribution in [0.1, 0.15) is 46.0 Å². The molecular formula is C17H32N2O4. The quantitative estimate of drug-likeness (QED) is 0.662. The molecule has 1 fully saturated rings. The van der Waals surface area contributed by atoms with Crippen LogP contribution >= 0.6 is 0 Å². The molecule has 0 aliphatic carbocycles. The first-order valence-corrected chi connectivity index (χ1v) is 8.75. The fourth-order valence-electron chi connectivity index (χ4n) is 3.02. The topological polar surface area (TPSA) is 70.1 Å². The van der Waals surface area contributed by atoms with Crippen molar-refractivity contribution >= 4 is 11.9 Å². The van der Waals surface area contributed by atoms with Crippen LogP contribution in [0.3, 0.4) is 0 Å². The summed E-state index contributed by atoms with van der Waals surface area (Å²) < 4.78 is 5.68. The monoisotopic (exact) mass is 328 g/mol. The summed E-state index contributed by atoms with van der Waals surface area (Å²) >= 11 is 0. The van der Waals surface area contributed by atoms with E-state index in [0.29, 0.717) is 38.6 Å². The summed E-state index contributed by atoms with van der Waals surface area (Å²) in [5.41, 5.74) is 0. The van der Waals surface area contributed by atoms with Crippen molar-refractivity contribution in [1.29, 1.82) is 0 Å². The minimum Gasteiger partial charge on any atom is -0.480 e. The Morgan fingerprint density at radius 2 is 2.13 bits per heavy atom. The molecule has 0 aromatic heterocycles. The van der Waals surface area contributed by atoms with E-state index < -0.39 is 5.97 Å². The molecule has 2 atom stereocenters. The normalized spacial score (nSPS) is 19.8. The van der Waals surface area contributed by atoms with Gasteiger partial charge in [0.15, 0.2) is 0 Å². The number of amides is 1. The van der Waals surface area contributed by atoms with Gasteiger partial charge in [-0.15, -0.1) is 0 Å². The molecule has 0 spiro atoms. The summed E-state index contributed by atoms with van der Waals surface area (Å²) in [4.78, 5) is 26.8. The highest BCUT2D eigenvalue weighted by Gasteiger charge is 2.26. The maximum absolute atomic E-state index is 12.5. The molecular weight excluding hydrogens is 296 g/mol. The number of rotatable bonds is 10. The van der Waals surface area contributed by atoms with Gasteiger partial charge in [-0.25, -0.2) is 0 Å². The van der Waals surface area contributed by atoms with Crippen LogP contribution < -0.4 is 0 Å². The van der Waals surface area contributed by atoms with Crippen LogP contribution in [0.5, 0.6) is 0 Å². The minimum atomic E-state index is -0.849. The first-order chi connectivity index (χ1) is 11.0. The second-order valence-corrected chi connectivity index (χ2v) is 6.54. The zero-order chi connectivity index (χ0) is 17.2. The van der Waals surface area contributed by atoms with E-state index in [0.717, 1.165) is 12.8 Å². The van der Waals surface area contributed by atoms with Crippen LogP contribution in [0.4, 0.5) is 0 Å². The molecule has 0 aromatic carbocycles. The molecule has 0 saturated carbocycles. The smallest absolute Gasteiger partial charge is 0.317 e. The van der Waals surface area contributed by atoms with Gasteiger partial charge < -0.3 is 14.7 Å². The molecule has 1 amide bonds. The predicted molar refractivity (Wildman–Crippen MR) is 89.4 cm³/mol. The number of carboxylic acid groups (broad SMARTS) is 1. The van der Waals surface area contributed by atoms with Crippen LogP contribution in [-0.2, 0) is 14.3 Å². The second kappa shape index (κ2) is 10.6. The highest BCUT2D eigenvalue weighted by Crippen LogP contribution is 2.19. The van der Waals surface area contributed by atoms with Crippen LogP contribution in [0.25, 0.3) is 0 Å². The van der Waals surface area contributed by atoms with Gasteiger partial charge in [0.05, 0.1) is 19.3 Å². The summed E-state index contributed by atoms with van der Waals surface area (Å²) in [5.74, 6) is -0.168. The molecule has 6 heteroatoms. The van der Waals surface area contributed by atoms with E-state index in [9.17, 15) is 9.59 Å². The molecule has 6 nitrogen and oxygen atoms in total. The summed E-state index contributed by atoms with van der Waals surface area (Å²) in [6.45, 7) is 6.58. The average molecular weight is 328 g/mol. The largest absolute Gasteiger partial charge is 0.480 e. The van der Waals surface area contributed by atoms with Crippen molar-refractivity contribution in [3.05, 3.63) is 0 Å².